The fourth-order valence-corrected chi connectivity index (χ4v) is 5.41. The van der Waals surface area contributed by atoms with Crippen LogP contribution in [0.5, 0.6) is 5.75 Å². The summed E-state index contributed by atoms with van der Waals surface area (Å²) in [6, 6.07) is 4.67. The van der Waals surface area contributed by atoms with Crippen LogP contribution in [0, 0.1) is 17.8 Å². The summed E-state index contributed by atoms with van der Waals surface area (Å²) in [5.41, 5.74) is 0.546. The molecule has 1 aromatic rings. The minimum Gasteiger partial charge on any atom is -0.506 e. The van der Waals surface area contributed by atoms with Crippen LogP contribution in [0.1, 0.15) is 48.9 Å². The Morgan fingerprint density at radius 2 is 1.71 bits per heavy atom. The Hall–Kier alpha value is -1.22. The van der Waals surface area contributed by atoms with Gasteiger partial charge in [-0.2, -0.15) is 0 Å². The molecule has 0 spiro atoms. The van der Waals surface area contributed by atoms with Crippen LogP contribution in [0.4, 0.5) is 0 Å². The van der Waals surface area contributed by atoms with Crippen molar-refractivity contribution in [3.63, 3.8) is 0 Å². The summed E-state index contributed by atoms with van der Waals surface area (Å²) in [4.78, 5) is 12.5. The molecule has 21 heavy (non-hydrogen) atoms. The van der Waals surface area contributed by atoms with Crippen LogP contribution in [-0.4, -0.2) is 16.6 Å². The zero-order chi connectivity index (χ0) is 14.6. The van der Waals surface area contributed by atoms with E-state index in [9.17, 15) is 9.90 Å². The molecule has 112 valence electrons. The number of halogens is 1. The van der Waals surface area contributed by atoms with Gasteiger partial charge in [-0.05, 0) is 74.5 Å². The fourth-order valence-electron chi connectivity index (χ4n) is 5.22. The maximum Gasteiger partial charge on any atom is 0.251 e. The van der Waals surface area contributed by atoms with E-state index in [0.717, 1.165) is 37.0 Å². The molecule has 4 saturated carbocycles. The third kappa shape index (κ3) is 2.32. The summed E-state index contributed by atoms with van der Waals surface area (Å²) in [6.45, 7) is 0. The van der Waals surface area contributed by atoms with E-state index in [1.807, 2.05) is 0 Å². The lowest BCUT2D eigenvalue weighted by molar-refractivity contribution is -0.0167. The summed E-state index contributed by atoms with van der Waals surface area (Å²) in [5.74, 6) is 2.38. The average Bonchev–Trinajstić information content (AvgIpc) is 2.39. The third-order valence-electron chi connectivity index (χ3n) is 5.63. The Labute approximate surface area is 129 Å². The zero-order valence-corrected chi connectivity index (χ0v) is 12.7. The Morgan fingerprint density at radius 1 is 1.14 bits per heavy atom. The lowest BCUT2D eigenvalue weighted by Crippen LogP contribution is -2.59. The third-order valence-corrected chi connectivity index (χ3v) is 5.93. The second kappa shape index (κ2) is 4.64. The number of amides is 1. The van der Waals surface area contributed by atoms with Crippen molar-refractivity contribution in [2.45, 2.75) is 44.1 Å². The summed E-state index contributed by atoms with van der Waals surface area (Å²) in [5, 5.41) is 13.0. The number of hydrogen-bond acceptors (Lipinski definition) is 2. The largest absolute Gasteiger partial charge is 0.506 e. The van der Waals surface area contributed by atoms with Crippen molar-refractivity contribution in [1.29, 1.82) is 0 Å². The van der Waals surface area contributed by atoms with Gasteiger partial charge in [0.1, 0.15) is 5.75 Å². The van der Waals surface area contributed by atoms with Crippen LogP contribution in [0.15, 0.2) is 18.2 Å². The number of carbonyl (C=O) groups excluding carboxylic acids is 1. The average molecular weight is 306 g/mol. The molecule has 0 unspecified atom stereocenters. The van der Waals surface area contributed by atoms with Gasteiger partial charge in [-0.25, -0.2) is 0 Å². The van der Waals surface area contributed by atoms with E-state index in [1.165, 1.54) is 25.3 Å². The molecule has 0 aromatic heterocycles. The molecule has 4 fully saturated rings. The number of hydrogen-bond donors (Lipinski definition) is 2. The van der Waals surface area contributed by atoms with Crippen molar-refractivity contribution in [3.05, 3.63) is 28.8 Å². The van der Waals surface area contributed by atoms with Gasteiger partial charge in [0.2, 0.25) is 0 Å². The monoisotopic (exact) mass is 305 g/mol. The van der Waals surface area contributed by atoms with Crippen LogP contribution in [0.3, 0.4) is 0 Å². The van der Waals surface area contributed by atoms with Crippen molar-refractivity contribution in [3.8, 4) is 5.75 Å². The second-order valence-corrected chi connectivity index (χ2v) is 7.73. The maximum absolute atomic E-state index is 12.5. The smallest absolute Gasteiger partial charge is 0.251 e. The highest BCUT2D eigenvalue weighted by atomic mass is 35.5. The zero-order valence-electron chi connectivity index (χ0n) is 11.9. The highest BCUT2D eigenvalue weighted by Gasteiger charge is 2.51. The van der Waals surface area contributed by atoms with Crippen molar-refractivity contribution < 1.29 is 9.90 Å². The summed E-state index contributed by atoms with van der Waals surface area (Å²) in [7, 11) is 0. The van der Waals surface area contributed by atoms with E-state index in [0.29, 0.717) is 5.56 Å². The topological polar surface area (TPSA) is 49.3 Å². The summed E-state index contributed by atoms with van der Waals surface area (Å²) in [6.07, 6.45) is 7.49. The van der Waals surface area contributed by atoms with Gasteiger partial charge in [0.25, 0.3) is 5.91 Å². The molecule has 0 aliphatic heterocycles. The van der Waals surface area contributed by atoms with Crippen LogP contribution >= 0.6 is 11.6 Å². The number of benzene rings is 1. The first kappa shape index (κ1) is 13.4. The molecular formula is C17H20ClNO2. The first-order valence-corrected chi connectivity index (χ1v) is 8.22. The summed E-state index contributed by atoms with van der Waals surface area (Å²) >= 11 is 5.90. The Kier molecular flexibility index (Phi) is 2.97. The van der Waals surface area contributed by atoms with Crippen molar-refractivity contribution >= 4 is 17.5 Å². The number of carbonyl (C=O) groups is 1. The number of phenolic OH excluding ortho intramolecular Hbond substituents is 1. The van der Waals surface area contributed by atoms with Gasteiger partial charge in [0.15, 0.2) is 0 Å². The minimum atomic E-state index is -0.0566. The first-order chi connectivity index (χ1) is 10.0. The van der Waals surface area contributed by atoms with Crippen LogP contribution in [0.2, 0.25) is 5.02 Å². The predicted molar refractivity (Wildman–Crippen MR) is 81.5 cm³/mol. The van der Waals surface area contributed by atoms with Crippen molar-refractivity contribution in [1.82, 2.24) is 5.32 Å². The lowest BCUT2D eigenvalue weighted by Gasteiger charge is -2.56. The van der Waals surface area contributed by atoms with Crippen molar-refractivity contribution in [2.75, 3.05) is 0 Å². The molecule has 1 aromatic carbocycles. The molecule has 0 radical (unpaired) electrons. The number of aromatic hydroxyl groups is 1. The van der Waals surface area contributed by atoms with Crippen molar-refractivity contribution in [2.24, 2.45) is 17.8 Å². The molecule has 5 rings (SSSR count). The molecule has 0 heterocycles. The van der Waals surface area contributed by atoms with E-state index in [4.69, 9.17) is 11.6 Å². The molecule has 0 saturated heterocycles. The number of nitrogens with one attached hydrogen (secondary N) is 1. The minimum absolute atomic E-state index is 0.0101. The Bertz CT molecular complexity index is 563. The highest BCUT2D eigenvalue weighted by Crippen LogP contribution is 2.55. The Balaban J connectivity index is 1.55. The quantitative estimate of drug-likeness (QED) is 0.874. The molecule has 4 bridgehead atoms. The molecular weight excluding hydrogens is 286 g/mol. The van der Waals surface area contributed by atoms with Crippen LogP contribution in [0.25, 0.3) is 0 Å². The molecule has 0 atom stereocenters. The molecule has 4 heteroatoms. The van der Waals surface area contributed by atoms with E-state index in [1.54, 1.807) is 12.1 Å². The van der Waals surface area contributed by atoms with Gasteiger partial charge >= 0.3 is 0 Å². The standard InChI is InChI=1S/C17H20ClNO2/c18-14-6-13(1-2-15(14)20)16(21)19-17-7-10-3-11(8-17)5-12(4-10)9-17/h1-2,6,10-12,20H,3-5,7-9H2,(H,19,21). The molecule has 3 nitrogen and oxygen atoms in total. The molecule has 4 aliphatic rings. The van der Waals surface area contributed by atoms with E-state index in [2.05, 4.69) is 5.32 Å². The highest BCUT2D eigenvalue weighted by molar-refractivity contribution is 6.32. The van der Waals surface area contributed by atoms with Gasteiger partial charge in [-0.1, -0.05) is 11.6 Å². The molecule has 2 N–H and O–H groups in total. The molecule has 4 aliphatic carbocycles. The van der Waals surface area contributed by atoms with Gasteiger partial charge in [-0.3, -0.25) is 4.79 Å². The van der Waals surface area contributed by atoms with Gasteiger partial charge in [0.05, 0.1) is 5.02 Å². The van der Waals surface area contributed by atoms with Gasteiger partial charge < -0.3 is 10.4 Å². The Morgan fingerprint density at radius 3 is 2.24 bits per heavy atom. The predicted octanol–water partition coefficient (Wildman–Crippen LogP) is 3.74. The number of rotatable bonds is 2. The van der Waals surface area contributed by atoms with E-state index >= 15 is 0 Å². The van der Waals surface area contributed by atoms with Gasteiger partial charge in [0, 0.05) is 11.1 Å². The van der Waals surface area contributed by atoms with Crippen LogP contribution in [-0.2, 0) is 0 Å². The van der Waals surface area contributed by atoms with E-state index < -0.39 is 0 Å². The van der Waals surface area contributed by atoms with E-state index in [-0.39, 0.29) is 22.2 Å². The first-order valence-electron chi connectivity index (χ1n) is 7.84. The summed E-state index contributed by atoms with van der Waals surface area (Å²) < 4.78 is 0. The number of phenols is 1. The normalized spacial score (nSPS) is 36.7. The SMILES string of the molecule is O=C(NC12CC3CC(CC(C3)C1)C2)c1ccc(O)c(Cl)c1. The fraction of sp³-hybridized carbons (Fsp3) is 0.588. The second-order valence-electron chi connectivity index (χ2n) is 7.32. The maximum atomic E-state index is 12.5. The molecule has 1 amide bonds. The van der Waals surface area contributed by atoms with Gasteiger partial charge in [-0.15, -0.1) is 0 Å². The lowest BCUT2D eigenvalue weighted by atomic mass is 9.53. The van der Waals surface area contributed by atoms with Crippen LogP contribution < -0.4 is 5.32 Å².